The van der Waals surface area contributed by atoms with Gasteiger partial charge >= 0.3 is 0 Å². The van der Waals surface area contributed by atoms with E-state index >= 15 is 0 Å². The van der Waals surface area contributed by atoms with Gasteiger partial charge in [-0.1, -0.05) is 6.42 Å². The molecule has 1 saturated heterocycles. The Morgan fingerprint density at radius 1 is 1.47 bits per heavy atom. The zero-order valence-corrected chi connectivity index (χ0v) is 9.55. The molecule has 1 aliphatic heterocycles. The molecule has 1 heterocycles. The number of nitrogens with two attached hydrogens (primary N) is 1. The van der Waals surface area contributed by atoms with Crippen LogP contribution in [0.1, 0.15) is 39.0 Å². The molecule has 15 heavy (non-hydrogen) atoms. The van der Waals surface area contributed by atoms with Crippen LogP contribution in [0.15, 0.2) is 0 Å². The van der Waals surface area contributed by atoms with Crippen LogP contribution < -0.4 is 11.1 Å². The minimum absolute atomic E-state index is 0.134. The summed E-state index contributed by atoms with van der Waals surface area (Å²) in [6.45, 7) is 4.15. The van der Waals surface area contributed by atoms with Gasteiger partial charge < -0.3 is 15.8 Å². The average Bonchev–Trinajstić information content (AvgIpc) is 2.59. The predicted molar refractivity (Wildman–Crippen MR) is 59.5 cm³/mol. The first-order valence-electron chi connectivity index (χ1n) is 5.75. The first kappa shape index (κ1) is 12.5. The van der Waals surface area contributed by atoms with Crippen LogP contribution >= 0.6 is 0 Å². The number of carbonyl (C=O) groups is 1. The van der Waals surface area contributed by atoms with E-state index in [2.05, 4.69) is 5.32 Å². The van der Waals surface area contributed by atoms with Gasteiger partial charge in [-0.25, -0.2) is 0 Å². The number of rotatable bonds is 6. The van der Waals surface area contributed by atoms with Gasteiger partial charge in [0.15, 0.2) is 0 Å². The van der Waals surface area contributed by atoms with Crippen molar-refractivity contribution in [3.05, 3.63) is 0 Å². The quantitative estimate of drug-likeness (QED) is 0.643. The third-order valence-corrected chi connectivity index (χ3v) is 2.77. The van der Waals surface area contributed by atoms with Crippen LogP contribution in [0.25, 0.3) is 0 Å². The Hall–Kier alpha value is -0.610. The van der Waals surface area contributed by atoms with E-state index in [9.17, 15) is 4.79 Å². The molecule has 1 rings (SSSR count). The first-order chi connectivity index (χ1) is 7.16. The summed E-state index contributed by atoms with van der Waals surface area (Å²) in [7, 11) is 0. The molecule has 88 valence electrons. The molecule has 0 aliphatic carbocycles. The second-order valence-electron chi connectivity index (χ2n) is 4.51. The van der Waals surface area contributed by atoms with Crippen molar-refractivity contribution >= 4 is 5.91 Å². The summed E-state index contributed by atoms with van der Waals surface area (Å²) >= 11 is 0. The van der Waals surface area contributed by atoms with Crippen molar-refractivity contribution < 1.29 is 9.53 Å². The minimum Gasteiger partial charge on any atom is -0.379 e. The summed E-state index contributed by atoms with van der Waals surface area (Å²) in [5.41, 5.74) is 5.25. The standard InChI is InChI=1S/C11H22N2O2/c1-11(6-8-15-9-11)13-10(14)5-3-2-4-7-12/h2-9,12H2,1H3,(H,13,14). The second kappa shape index (κ2) is 6.08. The van der Waals surface area contributed by atoms with Crippen molar-refractivity contribution in [2.75, 3.05) is 19.8 Å². The van der Waals surface area contributed by atoms with Crippen LogP contribution in [-0.4, -0.2) is 31.2 Å². The summed E-state index contributed by atoms with van der Waals surface area (Å²) in [5, 5.41) is 3.04. The van der Waals surface area contributed by atoms with Crippen LogP contribution in [0.5, 0.6) is 0 Å². The summed E-state index contributed by atoms with van der Waals surface area (Å²) in [5.74, 6) is 0.139. The molecule has 0 spiro atoms. The summed E-state index contributed by atoms with van der Waals surface area (Å²) in [4.78, 5) is 11.6. The van der Waals surface area contributed by atoms with Crippen LogP contribution in [0, 0.1) is 0 Å². The number of hydrogen-bond acceptors (Lipinski definition) is 3. The number of carbonyl (C=O) groups excluding carboxylic acids is 1. The van der Waals surface area contributed by atoms with E-state index in [0.717, 1.165) is 32.3 Å². The van der Waals surface area contributed by atoms with E-state index in [1.165, 1.54) is 0 Å². The Kier molecular flexibility index (Phi) is 5.05. The minimum atomic E-state index is -0.134. The molecule has 1 atom stereocenters. The van der Waals surface area contributed by atoms with Crippen molar-refractivity contribution in [3.8, 4) is 0 Å². The SMILES string of the molecule is CC1(NC(=O)CCCCCN)CCOC1. The molecule has 0 bridgehead atoms. The molecular formula is C11H22N2O2. The number of nitrogens with one attached hydrogen (secondary N) is 1. The molecular weight excluding hydrogens is 192 g/mol. The molecule has 1 fully saturated rings. The molecule has 1 amide bonds. The van der Waals surface area contributed by atoms with Gasteiger partial charge in [0.05, 0.1) is 12.1 Å². The third-order valence-electron chi connectivity index (χ3n) is 2.77. The lowest BCUT2D eigenvalue weighted by Gasteiger charge is -2.23. The Morgan fingerprint density at radius 2 is 2.27 bits per heavy atom. The van der Waals surface area contributed by atoms with Gasteiger partial charge in [0, 0.05) is 13.0 Å². The molecule has 1 aliphatic rings. The maximum absolute atomic E-state index is 11.6. The van der Waals surface area contributed by atoms with E-state index in [1.807, 2.05) is 6.92 Å². The smallest absolute Gasteiger partial charge is 0.220 e. The Bertz CT molecular complexity index is 201. The van der Waals surface area contributed by atoms with Gasteiger partial charge in [0.25, 0.3) is 0 Å². The summed E-state index contributed by atoms with van der Waals surface area (Å²) < 4.78 is 5.27. The first-order valence-corrected chi connectivity index (χ1v) is 5.75. The summed E-state index contributed by atoms with van der Waals surface area (Å²) in [6.07, 6.45) is 4.50. The van der Waals surface area contributed by atoms with E-state index in [1.54, 1.807) is 0 Å². The highest BCUT2D eigenvalue weighted by atomic mass is 16.5. The zero-order chi connectivity index (χ0) is 11.1. The van der Waals surface area contributed by atoms with E-state index in [4.69, 9.17) is 10.5 Å². The van der Waals surface area contributed by atoms with E-state index < -0.39 is 0 Å². The lowest BCUT2D eigenvalue weighted by molar-refractivity contribution is -0.123. The lowest BCUT2D eigenvalue weighted by Crippen LogP contribution is -2.46. The predicted octanol–water partition coefficient (Wildman–Crippen LogP) is 0.801. The fraction of sp³-hybridized carbons (Fsp3) is 0.909. The largest absolute Gasteiger partial charge is 0.379 e. The Morgan fingerprint density at radius 3 is 2.87 bits per heavy atom. The molecule has 4 heteroatoms. The van der Waals surface area contributed by atoms with Crippen LogP contribution in [-0.2, 0) is 9.53 Å². The van der Waals surface area contributed by atoms with E-state index in [-0.39, 0.29) is 11.4 Å². The fourth-order valence-corrected chi connectivity index (χ4v) is 1.77. The zero-order valence-electron chi connectivity index (χ0n) is 9.55. The van der Waals surface area contributed by atoms with Gasteiger partial charge in [-0.3, -0.25) is 4.79 Å². The van der Waals surface area contributed by atoms with Gasteiger partial charge in [-0.2, -0.15) is 0 Å². The number of ether oxygens (including phenoxy) is 1. The van der Waals surface area contributed by atoms with Crippen molar-refractivity contribution in [2.24, 2.45) is 5.73 Å². The van der Waals surface area contributed by atoms with Crippen molar-refractivity contribution in [3.63, 3.8) is 0 Å². The Labute approximate surface area is 91.5 Å². The highest BCUT2D eigenvalue weighted by Crippen LogP contribution is 2.17. The maximum Gasteiger partial charge on any atom is 0.220 e. The topological polar surface area (TPSA) is 64.4 Å². The number of amides is 1. The fourth-order valence-electron chi connectivity index (χ4n) is 1.77. The monoisotopic (exact) mass is 214 g/mol. The van der Waals surface area contributed by atoms with Gasteiger partial charge in [-0.05, 0) is 32.7 Å². The number of hydrogen-bond donors (Lipinski definition) is 2. The van der Waals surface area contributed by atoms with Crippen LogP contribution in [0.2, 0.25) is 0 Å². The van der Waals surface area contributed by atoms with Crippen LogP contribution in [0.3, 0.4) is 0 Å². The molecule has 0 aromatic rings. The summed E-state index contributed by atoms with van der Waals surface area (Å²) in [6, 6.07) is 0. The molecule has 0 saturated carbocycles. The van der Waals surface area contributed by atoms with Crippen molar-refractivity contribution in [1.29, 1.82) is 0 Å². The van der Waals surface area contributed by atoms with Crippen molar-refractivity contribution in [1.82, 2.24) is 5.32 Å². The highest BCUT2D eigenvalue weighted by molar-refractivity contribution is 5.76. The van der Waals surface area contributed by atoms with E-state index in [0.29, 0.717) is 19.6 Å². The van der Waals surface area contributed by atoms with Gasteiger partial charge in [0.1, 0.15) is 0 Å². The molecule has 0 aromatic heterocycles. The van der Waals surface area contributed by atoms with Gasteiger partial charge in [-0.15, -0.1) is 0 Å². The maximum atomic E-state index is 11.6. The van der Waals surface area contributed by atoms with Crippen LogP contribution in [0.4, 0.5) is 0 Å². The molecule has 0 radical (unpaired) electrons. The molecule has 4 nitrogen and oxygen atoms in total. The number of unbranched alkanes of at least 4 members (excludes halogenated alkanes) is 2. The third kappa shape index (κ3) is 4.62. The Balaban J connectivity index is 2.12. The second-order valence-corrected chi connectivity index (χ2v) is 4.51. The lowest BCUT2D eigenvalue weighted by atomic mass is 10.0. The normalized spacial score (nSPS) is 25.5. The molecule has 3 N–H and O–H groups in total. The highest BCUT2D eigenvalue weighted by Gasteiger charge is 2.30. The molecule has 0 aromatic carbocycles. The van der Waals surface area contributed by atoms with Crippen molar-refractivity contribution in [2.45, 2.75) is 44.6 Å². The van der Waals surface area contributed by atoms with Gasteiger partial charge in [0.2, 0.25) is 5.91 Å². The average molecular weight is 214 g/mol. The molecule has 1 unspecified atom stereocenters.